The van der Waals surface area contributed by atoms with Gasteiger partial charge in [0.2, 0.25) is 0 Å². The zero-order valence-electron chi connectivity index (χ0n) is 7.80. The number of esters is 1. The number of hydrogen-bond donors (Lipinski definition) is 1. The highest BCUT2D eigenvalue weighted by Crippen LogP contribution is 2.31. The summed E-state index contributed by atoms with van der Waals surface area (Å²) in [5, 5.41) is 1.48. The van der Waals surface area contributed by atoms with Crippen LogP contribution in [-0.2, 0) is 4.74 Å². The Morgan fingerprint density at radius 2 is 2.27 bits per heavy atom. The summed E-state index contributed by atoms with van der Waals surface area (Å²) in [5.41, 5.74) is 1.30. The molecule has 5 heteroatoms. The predicted molar refractivity (Wildman–Crippen MR) is 62.3 cm³/mol. The van der Waals surface area contributed by atoms with Gasteiger partial charge in [0.05, 0.1) is 17.7 Å². The van der Waals surface area contributed by atoms with Crippen LogP contribution in [-0.4, -0.2) is 18.1 Å². The highest BCUT2D eigenvalue weighted by atomic mass is 79.9. The number of rotatable bonds is 1. The maximum Gasteiger partial charge on any atom is 0.337 e. The van der Waals surface area contributed by atoms with Gasteiger partial charge in [0, 0.05) is 10.9 Å². The molecular weight excluding hydrogens is 281 g/mol. The predicted octanol–water partition coefficient (Wildman–Crippen LogP) is 3.37. The molecule has 1 aromatic heterocycles. The van der Waals surface area contributed by atoms with E-state index in [1.807, 2.05) is 0 Å². The molecule has 1 heterocycles. The molecule has 3 nitrogen and oxygen atoms in total. The van der Waals surface area contributed by atoms with Gasteiger partial charge in [-0.1, -0.05) is 17.7 Å². The average Bonchev–Trinajstić information content (AvgIpc) is 2.53. The Morgan fingerprint density at radius 3 is 2.93 bits per heavy atom. The SMILES string of the molecule is COC(=O)c1ccc2c(Cl)c(Br)[nH]c2c1. The van der Waals surface area contributed by atoms with Gasteiger partial charge in [0.25, 0.3) is 0 Å². The van der Waals surface area contributed by atoms with E-state index in [-0.39, 0.29) is 5.97 Å². The number of aromatic amines is 1. The van der Waals surface area contributed by atoms with Crippen LogP contribution in [0, 0.1) is 0 Å². The van der Waals surface area contributed by atoms with Gasteiger partial charge in [-0.2, -0.15) is 0 Å². The van der Waals surface area contributed by atoms with Gasteiger partial charge in [-0.05, 0) is 28.1 Å². The Balaban J connectivity index is 2.62. The summed E-state index contributed by atoms with van der Waals surface area (Å²) in [6.07, 6.45) is 0. The summed E-state index contributed by atoms with van der Waals surface area (Å²) in [6.45, 7) is 0. The molecule has 0 unspecified atom stereocenters. The van der Waals surface area contributed by atoms with Crippen LogP contribution in [0.5, 0.6) is 0 Å². The minimum Gasteiger partial charge on any atom is -0.465 e. The first kappa shape index (κ1) is 10.5. The van der Waals surface area contributed by atoms with E-state index in [1.54, 1.807) is 18.2 Å². The van der Waals surface area contributed by atoms with E-state index >= 15 is 0 Å². The second kappa shape index (κ2) is 3.87. The quantitative estimate of drug-likeness (QED) is 0.818. The lowest BCUT2D eigenvalue weighted by Gasteiger charge is -1.98. The summed E-state index contributed by atoms with van der Waals surface area (Å²) < 4.78 is 5.33. The molecule has 78 valence electrons. The van der Waals surface area contributed by atoms with E-state index in [0.29, 0.717) is 15.2 Å². The lowest BCUT2D eigenvalue weighted by atomic mass is 10.2. The van der Waals surface area contributed by atoms with E-state index in [9.17, 15) is 4.79 Å². The van der Waals surface area contributed by atoms with Crippen LogP contribution in [0.1, 0.15) is 10.4 Å². The number of fused-ring (bicyclic) bond motifs is 1. The molecule has 1 aromatic carbocycles. The third kappa shape index (κ3) is 1.75. The molecular formula is C10H7BrClNO2. The van der Waals surface area contributed by atoms with E-state index < -0.39 is 0 Å². The molecule has 0 saturated heterocycles. The minimum atomic E-state index is -0.362. The van der Waals surface area contributed by atoms with Crippen molar-refractivity contribution in [2.75, 3.05) is 7.11 Å². The van der Waals surface area contributed by atoms with E-state index in [0.717, 1.165) is 10.9 Å². The van der Waals surface area contributed by atoms with Crippen molar-refractivity contribution >= 4 is 44.4 Å². The molecule has 15 heavy (non-hydrogen) atoms. The van der Waals surface area contributed by atoms with Crippen molar-refractivity contribution in [3.8, 4) is 0 Å². The second-order valence-corrected chi connectivity index (χ2v) is 4.18. The van der Waals surface area contributed by atoms with Crippen molar-refractivity contribution in [1.29, 1.82) is 0 Å². The average molecular weight is 289 g/mol. The van der Waals surface area contributed by atoms with E-state index in [2.05, 4.69) is 25.7 Å². The third-order valence-corrected chi connectivity index (χ3v) is 3.33. The maximum atomic E-state index is 11.3. The molecule has 0 aliphatic heterocycles. The Hall–Kier alpha value is -1.00. The van der Waals surface area contributed by atoms with Crippen LogP contribution >= 0.6 is 27.5 Å². The number of nitrogens with one attached hydrogen (secondary N) is 1. The summed E-state index contributed by atoms with van der Waals surface area (Å²) in [4.78, 5) is 14.3. The van der Waals surface area contributed by atoms with Gasteiger partial charge < -0.3 is 9.72 Å². The minimum absolute atomic E-state index is 0.362. The molecule has 2 aromatic rings. The van der Waals surface area contributed by atoms with Crippen molar-refractivity contribution < 1.29 is 9.53 Å². The van der Waals surface area contributed by atoms with Gasteiger partial charge in [0.1, 0.15) is 4.60 Å². The van der Waals surface area contributed by atoms with E-state index in [1.165, 1.54) is 7.11 Å². The zero-order valence-corrected chi connectivity index (χ0v) is 10.1. The molecule has 0 bridgehead atoms. The molecule has 0 saturated carbocycles. The molecule has 0 aliphatic carbocycles. The van der Waals surface area contributed by atoms with Gasteiger partial charge in [-0.25, -0.2) is 4.79 Å². The number of carbonyl (C=O) groups excluding carboxylic acids is 1. The standard InChI is InChI=1S/C10H7BrClNO2/c1-15-10(14)5-2-3-6-7(4-5)13-9(11)8(6)12/h2-4,13H,1H3. The van der Waals surface area contributed by atoms with Crippen LogP contribution in [0.3, 0.4) is 0 Å². The number of methoxy groups -OCH3 is 1. The van der Waals surface area contributed by atoms with E-state index in [4.69, 9.17) is 11.6 Å². The van der Waals surface area contributed by atoms with Crippen molar-refractivity contribution in [3.05, 3.63) is 33.4 Å². The fourth-order valence-corrected chi connectivity index (χ4v) is 2.01. The first-order valence-corrected chi connectivity index (χ1v) is 5.35. The van der Waals surface area contributed by atoms with Gasteiger partial charge in [0.15, 0.2) is 0 Å². The molecule has 1 N–H and O–H groups in total. The first-order valence-electron chi connectivity index (χ1n) is 4.18. The fraction of sp³-hybridized carbons (Fsp3) is 0.100. The Bertz CT molecular complexity index is 535. The van der Waals surface area contributed by atoms with Crippen LogP contribution in [0.25, 0.3) is 10.9 Å². The van der Waals surface area contributed by atoms with Gasteiger partial charge in [-0.15, -0.1) is 0 Å². The first-order chi connectivity index (χ1) is 7.13. The molecule has 0 fully saturated rings. The molecule has 0 spiro atoms. The Labute approximate surface area is 99.5 Å². The lowest BCUT2D eigenvalue weighted by molar-refractivity contribution is 0.0601. The van der Waals surface area contributed by atoms with Crippen LogP contribution < -0.4 is 0 Å². The largest absolute Gasteiger partial charge is 0.465 e. The number of ether oxygens (including phenoxy) is 1. The number of H-pyrrole nitrogens is 1. The molecule has 0 amide bonds. The van der Waals surface area contributed by atoms with Crippen LogP contribution in [0.15, 0.2) is 22.8 Å². The summed E-state index contributed by atoms with van der Waals surface area (Å²) in [6, 6.07) is 5.17. The topological polar surface area (TPSA) is 42.1 Å². The highest BCUT2D eigenvalue weighted by molar-refractivity contribution is 9.10. The maximum absolute atomic E-state index is 11.3. The Morgan fingerprint density at radius 1 is 1.53 bits per heavy atom. The van der Waals surface area contributed by atoms with Crippen molar-refractivity contribution in [2.45, 2.75) is 0 Å². The monoisotopic (exact) mass is 287 g/mol. The van der Waals surface area contributed by atoms with Crippen molar-refractivity contribution in [1.82, 2.24) is 4.98 Å². The number of hydrogen-bond acceptors (Lipinski definition) is 2. The lowest BCUT2D eigenvalue weighted by Crippen LogP contribution is -2.00. The number of carbonyl (C=O) groups is 1. The summed E-state index contributed by atoms with van der Waals surface area (Å²) >= 11 is 9.30. The molecule has 0 aliphatic rings. The number of halogens is 2. The van der Waals surface area contributed by atoms with Crippen molar-refractivity contribution in [2.24, 2.45) is 0 Å². The smallest absolute Gasteiger partial charge is 0.337 e. The van der Waals surface area contributed by atoms with Gasteiger partial charge in [-0.3, -0.25) is 0 Å². The van der Waals surface area contributed by atoms with Gasteiger partial charge >= 0.3 is 5.97 Å². The van der Waals surface area contributed by atoms with Crippen molar-refractivity contribution in [3.63, 3.8) is 0 Å². The van der Waals surface area contributed by atoms with Crippen LogP contribution in [0.2, 0.25) is 5.02 Å². The zero-order chi connectivity index (χ0) is 11.0. The Kier molecular flexibility index (Phi) is 2.71. The highest BCUT2D eigenvalue weighted by Gasteiger charge is 2.10. The number of benzene rings is 1. The fourth-order valence-electron chi connectivity index (χ4n) is 1.38. The normalized spacial score (nSPS) is 10.6. The summed E-state index contributed by atoms with van der Waals surface area (Å²) in [5.74, 6) is -0.362. The second-order valence-electron chi connectivity index (χ2n) is 3.00. The number of aromatic nitrogens is 1. The summed E-state index contributed by atoms with van der Waals surface area (Å²) in [7, 11) is 1.35. The molecule has 0 atom stereocenters. The molecule has 2 rings (SSSR count). The third-order valence-electron chi connectivity index (χ3n) is 2.11. The van der Waals surface area contributed by atoms with Crippen LogP contribution in [0.4, 0.5) is 0 Å². The molecule has 0 radical (unpaired) electrons.